The molecule has 1 heterocycles. The highest BCUT2D eigenvalue weighted by Crippen LogP contribution is 2.40. The van der Waals surface area contributed by atoms with Crippen LogP contribution in [0.4, 0.5) is 23.7 Å². The average Bonchev–Trinajstić information content (AvgIpc) is 3.00. The number of methoxy groups -OCH3 is 1. The van der Waals surface area contributed by atoms with Gasteiger partial charge >= 0.3 is 11.9 Å². The van der Waals surface area contributed by atoms with E-state index in [1.165, 1.54) is 31.4 Å². The Bertz CT molecular complexity index is 1160. The number of alkyl halides is 3. The summed E-state index contributed by atoms with van der Waals surface area (Å²) >= 11 is 4.02. The number of carbonyl (C=O) groups is 2. The molecule has 0 bridgehead atoms. The van der Waals surface area contributed by atoms with Crippen LogP contribution >= 0.6 is 27.7 Å². The number of halogens is 4. The van der Waals surface area contributed by atoms with Crippen LogP contribution in [0.15, 0.2) is 45.8 Å². The normalized spacial score (nSPS) is 15.4. The highest BCUT2D eigenvalue weighted by molar-refractivity contribution is 9.10. The topological polar surface area (TPSA) is 99.0 Å². The number of hydrogen-bond donors (Lipinski definition) is 0. The van der Waals surface area contributed by atoms with Gasteiger partial charge in [-0.05, 0) is 63.6 Å². The molecule has 1 saturated heterocycles. The van der Waals surface area contributed by atoms with Gasteiger partial charge in [-0.15, -0.1) is 0 Å². The summed E-state index contributed by atoms with van der Waals surface area (Å²) in [5.74, 6) is -0.734. The second-order valence-electron chi connectivity index (χ2n) is 6.56. The summed E-state index contributed by atoms with van der Waals surface area (Å²) in [5.41, 5.74) is -1.49. The fourth-order valence-corrected chi connectivity index (χ4v) is 4.10. The van der Waals surface area contributed by atoms with Gasteiger partial charge in [-0.3, -0.25) is 24.6 Å². The molecule has 3 rings (SSSR count). The summed E-state index contributed by atoms with van der Waals surface area (Å²) in [6.45, 7) is 0.333. The Kier molecular flexibility index (Phi) is 7.44. The number of hydrogen-bond acceptors (Lipinski definition) is 7. The van der Waals surface area contributed by atoms with Crippen LogP contribution < -0.4 is 4.74 Å². The van der Waals surface area contributed by atoms with Gasteiger partial charge in [0.05, 0.1) is 33.0 Å². The van der Waals surface area contributed by atoms with Crippen LogP contribution in [0.3, 0.4) is 0 Å². The first-order chi connectivity index (χ1) is 15.5. The Morgan fingerprint density at radius 3 is 2.48 bits per heavy atom. The summed E-state index contributed by atoms with van der Waals surface area (Å²) in [7, 11) is 1.45. The number of thioether (sulfide) groups is 1. The molecule has 0 aliphatic carbocycles. The minimum atomic E-state index is -4.74. The number of rotatable bonds is 7. The minimum absolute atomic E-state index is 0.100. The molecule has 0 atom stereocenters. The number of nitrogens with zero attached hydrogens (tertiary/aromatic N) is 2. The van der Waals surface area contributed by atoms with E-state index in [0.29, 0.717) is 22.2 Å². The van der Waals surface area contributed by atoms with Crippen molar-refractivity contribution in [3.05, 3.63) is 67.0 Å². The first kappa shape index (κ1) is 24.7. The molecule has 0 spiro atoms. The van der Waals surface area contributed by atoms with Gasteiger partial charge in [0, 0.05) is 13.2 Å². The SMILES string of the molecule is COCCN1C(=O)S/C(=C/c2ccc(Oc3ccc(C(F)(F)F)cc3[N+](=O)[O-])c(Br)c2)C1=O. The molecule has 1 aliphatic heterocycles. The highest BCUT2D eigenvalue weighted by atomic mass is 79.9. The van der Waals surface area contributed by atoms with Crippen molar-refractivity contribution in [2.75, 3.05) is 20.3 Å². The molecule has 33 heavy (non-hydrogen) atoms. The third-order valence-electron chi connectivity index (χ3n) is 4.35. The Hall–Kier alpha value is -2.90. The Balaban J connectivity index is 1.84. The van der Waals surface area contributed by atoms with Crippen molar-refractivity contribution in [3.63, 3.8) is 0 Å². The molecular weight excluding hydrogens is 533 g/mol. The molecule has 0 N–H and O–H groups in total. The van der Waals surface area contributed by atoms with E-state index in [0.717, 1.165) is 22.7 Å². The molecule has 8 nitrogen and oxygen atoms in total. The van der Waals surface area contributed by atoms with E-state index in [1.54, 1.807) is 0 Å². The molecule has 1 aliphatic rings. The largest absolute Gasteiger partial charge is 0.449 e. The average molecular weight is 547 g/mol. The summed E-state index contributed by atoms with van der Waals surface area (Å²) in [6, 6.07) is 6.44. The van der Waals surface area contributed by atoms with E-state index in [2.05, 4.69) is 15.9 Å². The smallest absolute Gasteiger partial charge is 0.416 e. The molecule has 0 radical (unpaired) electrons. The van der Waals surface area contributed by atoms with Crippen molar-refractivity contribution in [2.24, 2.45) is 0 Å². The van der Waals surface area contributed by atoms with E-state index < -0.39 is 33.5 Å². The lowest BCUT2D eigenvalue weighted by molar-refractivity contribution is -0.385. The molecule has 2 aromatic carbocycles. The van der Waals surface area contributed by atoms with Crippen LogP contribution in [0.2, 0.25) is 0 Å². The number of amides is 2. The maximum atomic E-state index is 12.9. The molecule has 0 unspecified atom stereocenters. The van der Waals surface area contributed by atoms with Gasteiger partial charge < -0.3 is 9.47 Å². The molecule has 0 saturated carbocycles. The Labute approximate surface area is 197 Å². The number of nitro groups is 1. The van der Waals surface area contributed by atoms with Crippen LogP contribution in [0, 0.1) is 10.1 Å². The van der Waals surface area contributed by atoms with Crippen molar-refractivity contribution in [1.82, 2.24) is 4.90 Å². The van der Waals surface area contributed by atoms with E-state index in [9.17, 15) is 32.9 Å². The van der Waals surface area contributed by atoms with Crippen LogP contribution in [0.25, 0.3) is 6.08 Å². The molecule has 0 aromatic heterocycles. The quantitative estimate of drug-likeness (QED) is 0.244. The second-order valence-corrected chi connectivity index (χ2v) is 8.40. The van der Waals surface area contributed by atoms with Crippen molar-refractivity contribution in [3.8, 4) is 11.5 Å². The molecule has 13 heteroatoms. The zero-order valence-corrected chi connectivity index (χ0v) is 19.1. The summed E-state index contributed by atoms with van der Waals surface area (Å²) in [4.78, 5) is 35.9. The lowest BCUT2D eigenvalue weighted by Gasteiger charge is -2.11. The van der Waals surface area contributed by atoms with E-state index >= 15 is 0 Å². The van der Waals surface area contributed by atoms with Crippen LogP contribution in [-0.2, 0) is 15.7 Å². The predicted octanol–water partition coefficient (Wildman–Crippen LogP) is 5.85. The zero-order chi connectivity index (χ0) is 24.3. The fourth-order valence-electron chi connectivity index (χ4n) is 2.76. The standard InChI is InChI=1S/C20H14BrF3N2O6S/c1-31-7-6-25-18(27)17(33-19(25)28)9-11-2-4-15(13(21)8-11)32-16-5-3-12(20(22,23)24)10-14(16)26(29)30/h2-5,8-10H,6-7H2,1H3/b17-9+. The highest BCUT2D eigenvalue weighted by Gasteiger charge is 2.35. The van der Waals surface area contributed by atoms with Crippen LogP contribution in [0.1, 0.15) is 11.1 Å². The minimum Gasteiger partial charge on any atom is -0.449 e. The third kappa shape index (κ3) is 5.72. The summed E-state index contributed by atoms with van der Waals surface area (Å²) < 4.78 is 49.3. The predicted molar refractivity (Wildman–Crippen MR) is 117 cm³/mol. The Morgan fingerprint density at radius 2 is 1.88 bits per heavy atom. The maximum absolute atomic E-state index is 12.9. The number of imide groups is 1. The second kappa shape index (κ2) is 9.93. The number of benzene rings is 2. The first-order valence-corrected chi connectivity index (χ1v) is 10.7. The van der Waals surface area contributed by atoms with Crippen molar-refractivity contribution in [1.29, 1.82) is 0 Å². The van der Waals surface area contributed by atoms with Crippen molar-refractivity contribution in [2.45, 2.75) is 6.18 Å². The van der Waals surface area contributed by atoms with E-state index in [4.69, 9.17) is 9.47 Å². The summed E-state index contributed by atoms with van der Waals surface area (Å²) in [6.07, 6.45) is -3.25. The number of carbonyl (C=O) groups excluding carboxylic acids is 2. The van der Waals surface area contributed by atoms with Crippen LogP contribution in [0.5, 0.6) is 11.5 Å². The molecule has 174 valence electrons. The lowest BCUT2D eigenvalue weighted by Crippen LogP contribution is -2.31. The van der Waals surface area contributed by atoms with Gasteiger partial charge in [-0.25, -0.2) is 0 Å². The zero-order valence-electron chi connectivity index (χ0n) is 16.7. The number of ether oxygens (including phenoxy) is 2. The molecular formula is C20H14BrF3N2O6S. The molecule has 2 aromatic rings. The fraction of sp³-hybridized carbons (Fsp3) is 0.200. The van der Waals surface area contributed by atoms with Gasteiger partial charge in [0.1, 0.15) is 5.75 Å². The van der Waals surface area contributed by atoms with Gasteiger partial charge in [0.2, 0.25) is 5.75 Å². The number of nitro benzene ring substituents is 1. The van der Waals surface area contributed by atoms with Crippen LogP contribution in [-0.4, -0.2) is 41.2 Å². The molecule has 1 fully saturated rings. The van der Waals surface area contributed by atoms with Crippen molar-refractivity contribution >= 4 is 50.6 Å². The van der Waals surface area contributed by atoms with E-state index in [-0.39, 0.29) is 29.6 Å². The van der Waals surface area contributed by atoms with Gasteiger partial charge in [-0.1, -0.05) is 6.07 Å². The first-order valence-electron chi connectivity index (χ1n) is 9.08. The maximum Gasteiger partial charge on any atom is 0.416 e. The van der Waals surface area contributed by atoms with Crippen molar-refractivity contribution < 1.29 is 37.2 Å². The third-order valence-corrected chi connectivity index (χ3v) is 5.88. The van der Waals surface area contributed by atoms with Gasteiger partial charge in [-0.2, -0.15) is 13.2 Å². The van der Waals surface area contributed by atoms with Gasteiger partial charge in [0.25, 0.3) is 11.1 Å². The van der Waals surface area contributed by atoms with Gasteiger partial charge in [0.15, 0.2) is 0 Å². The summed E-state index contributed by atoms with van der Waals surface area (Å²) in [5, 5.41) is 10.8. The lowest BCUT2D eigenvalue weighted by atomic mass is 10.1. The Morgan fingerprint density at radius 1 is 1.18 bits per heavy atom. The monoisotopic (exact) mass is 546 g/mol. The molecule has 2 amide bonds. The van der Waals surface area contributed by atoms with E-state index in [1.807, 2.05) is 0 Å².